The fraction of sp³-hybridized carbons (Fsp3) is 0.561. The molecule has 0 atom stereocenters. The third-order valence-electron chi connectivity index (χ3n) is 8.08. The van der Waals surface area contributed by atoms with Gasteiger partial charge in [0.05, 0.1) is 17.1 Å². The fourth-order valence-electron chi connectivity index (χ4n) is 5.36. The number of benzene rings is 2. The molecule has 2 nitrogen and oxygen atoms in total. The molecule has 0 fully saturated rings. The molecule has 236 valence electrons. The van der Waals surface area contributed by atoms with Crippen LogP contribution in [-0.4, -0.2) is 11.9 Å². The molecule has 0 aromatic heterocycles. The Morgan fingerprint density at radius 3 is 1.56 bits per heavy atom. The monoisotopic (exact) mass is 582 g/mol. The second-order valence-corrected chi connectivity index (χ2v) is 12.0. The molecule has 0 unspecified atom stereocenters. The summed E-state index contributed by atoms with van der Waals surface area (Å²) < 4.78 is 0. The third-order valence-corrected chi connectivity index (χ3v) is 8.08. The van der Waals surface area contributed by atoms with E-state index in [0.717, 1.165) is 55.6 Å². The summed E-state index contributed by atoms with van der Waals surface area (Å²) in [6, 6.07) is 17.3. The van der Waals surface area contributed by atoms with Crippen molar-refractivity contribution in [2.45, 2.75) is 149 Å². The van der Waals surface area contributed by atoms with E-state index in [2.05, 4.69) is 93.6 Å². The van der Waals surface area contributed by atoms with Gasteiger partial charge >= 0.3 is 0 Å². The number of aliphatic imine (C=N–C) groups is 2. The number of unbranched alkanes of at least 4 members (excludes halogenated alkanes) is 12. The van der Waals surface area contributed by atoms with Crippen molar-refractivity contribution in [3.05, 3.63) is 84.0 Å². The van der Waals surface area contributed by atoms with Gasteiger partial charge in [0.1, 0.15) is 0 Å². The summed E-state index contributed by atoms with van der Waals surface area (Å²) in [5, 5.41) is 0. The molecule has 43 heavy (non-hydrogen) atoms. The van der Waals surface area contributed by atoms with Crippen LogP contribution in [0.2, 0.25) is 0 Å². The van der Waals surface area contributed by atoms with Crippen molar-refractivity contribution in [2.24, 2.45) is 9.98 Å². The van der Waals surface area contributed by atoms with Crippen LogP contribution in [0.25, 0.3) is 0 Å². The lowest BCUT2D eigenvalue weighted by molar-refractivity contribution is 0.637. The molecule has 0 aliphatic heterocycles. The van der Waals surface area contributed by atoms with E-state index < -0.39 is 0 Å². The Morgan fingerprint density at radius 1 is 0.512 bits per heavy atom. The van der Waals surface area contributed by atoms with E-state index in [9.17, 15) is 0 Å². The van der Waals surface area contributed by atoms with Crippen LogP contribution in [0.15, 0.2) is 82.8 Å². The van der Waals surface area contributed by atoms with Crippen LogP contribution in [0, 0.1) is 0 Å². The van der Waals surface area contributed by atoms with Crippen LogP contribution in [0.4, 0.5) is 11.4 Å². The van der Waals surface area contributed by atoms with Crippen LogP contribution >= 0.6 is 0 Å². The highest BCUT2D eigenvalue weighted by atomic mass is 14.8. The first kappa shape index (κ1) is 36.5. The van der Waals surface area contributed by atoms with Crippen LogP contribution < -0.4 is 0 Å². The van der Waals surface area contributed by atoms with Crippen LogP contribution in [0.5, 0.6) is 0 Å². The highest BCUT2D eigenvalue weighted by molar-refractivity contribution is 6.31. The summed E-state index contributed by atoms with van der Waals surface area (Å²) in [6.07, 6.45) is 36.1. The molecule has 0 amide bonds. The largest absolute Gasteiger partial charge is 0.255 e. The molecule has 0 N–H and O–H groups in total. The predicted molar refractivity (Wildman–Crippen MR) is 194 cm³/mol. The smallest absolute Gasteiger partial charge is 0.0665 e. The van der Waals surface area contributed by atoms with E-state index >= 15 is 0 Å². The topological polar surface area (TPSA) is 24.7 Å². The Bertz CT molecular complexity index is 1070. The minimum absolute atomic E-state index is 0.965. The van der Waals surface area contributed by atoms with Gasteiger partial charge in [-0.3, -0.25) is 9.98 Å². The van der Waals surface area contributed by atoms with Crippen molar-refractivity contribution in [2.75, 3.05) is 0 Å². The van der Waals surface area contributed by atoms with E-state index in [4.69, 9.17) is 9.98 Å². The normalized spacial score (nSPS) is 12.4. The molecule has 0 heterocycles. The van der Waals surface area contributed by atoms with Crippen molar-refractivity contribution in [1.29, 1.82) is 0 Å². The number of nitrogens with zero attached hydrogens (tertiary/aromatic N) is 2. The first-order valence-electron chi connectivity index (χ1n) is 17.9. The number of allylic oxidation sites excluding steroid dienone is 4. The van der Waals surface area contributed by atoms with Gasteiger partial charge in [0, 0.05) is 6.21 Å². The SMILES string of the molecule is CCCCCCCC=CCCc1ccccc1N=CC(CCCCC)=Nc1ccccc1CCC=CCCCCCCC. The molecule has 0 bridgehead atoms. The Morgan fingerprint density at radius 2 is 0.977 bits per heavy atom. The molecule has 2 aromatic carbocycles. The van der Waals surface area contributed by atoms with Crippen molar-refractivity contribution < 1.29 is 0 Å². The van der Waals surface area contributed by atoms with E-state index in [1.165, 1.54) is 101 Å². The molecule has 0 saturated carbocycles. The maximum atomic E-state index is 5.19. The minimum atomic E-state index is 0.965. The van der Waals surface area contributed by atoms with Gasteiger partial charge in [-0.1, -0.05) is 146 Å². The second kappa shape index (κ2) is 25.7. The molecule has 0 saturated heterocycles. The molecule has 2 rings (SSSR count). The summed E-state index contributed by atoms with van der Waals surface area (Å²) in [7, 11) is 0. The molecule has 2 heteroatoms. The van der Waals surface area contributed by atoms with Crippen LogP contribution in [0.1, 0.15) is 147 Å². The average molecular weight is 583 g/mol. The van der Waals surface area contributed by atoms with Gasteiger partial charge in [-0.15, -0.1) is 0 Å². The first-order chi connectivity index (χ1) is 21.3. The summed E-state index contributed by atoms with van der Waals surface area (Å²) in [5.74, 6) is 0. The molecule has 0 radical (unpaired) electrons. The molecule has 0 spiro atoms. The zero-order valence-electron chi connectivity index (χ0n) is 28.0. The Hall–Kier alpha value is -2.74. The average Bonchev–Trinajstić information content (AvgIpc) is 3.03. The lowest BCUT2D eigenvalue weighted by Gasteiger charge is -2.08. The zero-order chi connectivity index (χ0) is 30.6. The molecule has 0 aliphatic rings. The van der Waals surface area contributed by atoms with Gasteiger partial charge in [0.15, 0.2) is 0 Å². The van der Waals surface area contributed by atoms with Crippen molar-refractivity contribution in [3.63, 3.8) is 0 Å². The van der Waals surface area contributed by atoms with Gasteiger partial charge < -0.3 is 0 Å². The molecule has 0 aliphatic carbocycles. The van der Waals surface area contributed by atoms with Crippen LogP contribution in [0.3, 0.4) is 0 Å². The lowest BCUT2D eigenvalue weighted by atomic mass is 10.1. The summed E-state index contributed by atoms with van der Waals surface area (Å²) in [4.78, 5) is 10.2. The second-order valence-electron chi connectivity index (χ2n) is 12.0. The lowest BCUT2D eigenvalue weighted by Crippen LogP contribution is -2.01. The summed E-state index contributed by atoms with van der Waals surface area (Å²) in [6.45, 7) is 6.81. The van der Waals surface area contributed by atoms with E-state index in [1.54, 1.807) is 0 Å². The van der Waals surface area contributed by atoms with Gasteiger partial charge in [0.25, 0.3) is 0 Å². The quantitative estimate of drug-likeness (QED) is 0.0632. The third kappa shape index (κ3) is 17.8. The Kier molecular flexibility index (Phi) is 21.8. The number of para-hydroxylation sites is 2. The predicted octanol–water partition coefficient (Wildman–Crippen LogP) is 13.4. The number of hydrogen-bond acceptors (Lipinski definition) is 2. The fourth-order valence-corrected chi connectivity index (χ4v) is 5.36. The summed E-state index contributed by atoms with van der Waals surface area (Å²) in [5.41, 5.74) is 5.90. The zero-order valence-corrected chi connectivity index (χ0v) is 28.0. The van der Waals surface area contributed by atoms with Gasteiger partial charge in [-0.25, -0.2) is 0 Å². The Balaban J connectivity index is 2.01. The molecule has 2 aromatic rings. The van der Waals surface area contributed by atoms with Gasteiger partial charge in [-0.2, -0.15) is 0 Å². The summed E-state index contributed by atoms with van der Waals surface area (Å²) >= 11 is 0. The van der Waals surface area contributed by atoms with E-state index in [1.807, 2.05) is 6.21 Å². The van der Waals surface area contributed by atoms with Crippen molar-refractivity contribution in [3.8, 4) is 0 Å². The highest BCUT2D eigenvalue weighted by Gasteiger charge is 2.05. The van der Waals surface area contributed by atoms with E-state index in [-0.39, 0.29) is 0 Å². The van der Waals surface area contributed by atoms with E-state index in [0.29, 0.717) is 0 Å². The Labute approximate surface area is 265 Å². The van der Waals surface area contributed by atoms with Gasteiger partial charge in [-0.05, 0) is 87.5 Å². The molecular formula is C41H62N2. The number of hydrogen-bond donors (Lipinski definition) is 0. The highest BCUT2D eigenvalue weighted by Crippen LogP contribution is 2.23. The van der Waals surface area contributed by atoms with Crippen molar-refractivity contribution >= 4 is 23.3 Å². The maximum Gasteiger partial charge on any atom is 0.0665 e. The van der Waals surface area contributed by atoms with Crippen LogP contribution in [-0.2, 0) is 12.8 Å². The minimum Gasteiger partial charge on any atom is -0.255 e. The van der Waals surface area contributed by atoms with Crippen molar-refractivity contribution in [1.82, 2.24) is 0 Å². The maximum absolute atomic E-state index is 5.19. The number of rotatable bonds is 25. The first-order valence-corrected chi connectivity index (χ1v) is 17.9. The van der Waals surface area contributed by atoms with Gasteiger partial charge in [0.2, 0.25) is 0 Å². The molecular weight excluding hydrogens is 520 g/mol. The number of aryl methyl sites for hydroxylation is 2. The standard InChI is InChI=1S/C41H62N2/c1-4-7-10-12-14-16-18-20-23-29-37-31-25-27-34-40(37)42-36-39(33-22-9-6-3)43-41-35-28-26-32-38(41)30-24-21-19-17-15-13-11-8-5-2/h18-21,25-28,31-32,34-36H,4-17,22-24,29-30,33H2,1-3H3.